The van der Waals surface area contributed by atoms with E-state index in [2.05, 4.69) is 10.1 Å². The van der Waals surface area contributed by atoms with Crippen LogP contribution in [0.2, 0.25) is 5.15 Å². The van der Waals surface area contributed by atoms with Crippen LogP contribution < -0.4 is 9.47 Å². The van der Waals surface area contributed by atoms with Crippen molar-refractivity contribution in [1.82, 2.24) is 9.99 Å². The molecule has 2 heterocycles. The summed E-state index contributed by atoms with van der Waals surface area (Å²) in [7, 11) is 3.23. The fraction of sp³-hybridized carbons (Fsp3) is 0.227. The highest BCUT2D eigenvalue weighted by molar-refractivity contribution is 6.30. The fourth-order valence-corrected chi connectivity index (χ4v) is 3.77. The van der Waals surface area contributed by atoms with Crippen LogP contribution in [0.25, 0.3) is 10.9 Å². The van der Waals surface area contributed by atoms with E-state index in [0.717, 1.165) is 33.5 Å². The van der Waals surface area contributed by atoms with Crippen molar-refractivity contribution in [2.45, 2.75) is 19.4 Å². The molecular formula is C22H20ClN3O3. The lowest BCUT2D eigenvalue weighted by molar-refractivity contribution is -0.130. The summed E-state index contributed by atoms with van der Waals surface area (Å²) in [5, 5.41) is 7.33. The fourth-order valence-electron chi connectivity index (χ4n) is 3.50. The van der Waals surface area contributed by atoms with Crippen molar-refractivity contribution in [2.24, 2.45) is 5.10 Å². The summed E-state index contributed by atoms with van der Waals surface area (Å²) in [4.78, 5) is 16.8. The second kappa shape index (κ2) is 7.72. The number of hydrazone groups is 1. The number of amides is 1. The number of pyridine rings is 1. The number of rotatable bonds is 4. The second-order valence-electron chi connectivity index (χ2n) is 6.79. The van der Waals surface area contributed by atoms with Gasteiger partial charge in [0.1, 0.15) is 16.7 Å². The average molecular weight is 410 g/mol. The van der Waals surface area contributed by atoms with Crippen molar-refractivity contribution in [3.05, 3.63) is 64.8 Å². The maximum atomic E-state index is 12.3. The summed E-state index contributed by atoms with van der Waals surface area (Å²) in [5.74, 6) is 1.33. The first-order valence-electron chi connectivity index (χ1n) is 9.16. The maximum absolute atomic E-state index is 12.3. The van der Waals surface area contributed by atoms with Crippen molar-refractivity contribution in [2.75, 3.05) is 14.2 Å². The molecule has 0 saturated heterocycles. The van der Waals surface area contributed by atoms with Crippen LogP contribution in [0.15, 0.2) is 53.6 Å². The van der Waals surface area contributed by atoms with E-state index in [1.807, 2.05) is 48.5 Å². The largest absolute Gasteiger partial charge is 0.497 e. The molecule has 1 amide bonds. The van der Waals surface area contributed by atoms with Crippen LogP contribution in [0.4, 0.5) is 0 Å². The lowest BCUT2D eigenvalue weighted by atomic mass is 9.98. The lowest BCUT2D eigenvalue weighted by Crippen LogP contribution is -2.24. The Kier molecular flexibility index (Phi) is 5.11. The van der Waals surface area contributed by atoms with Gasteiger partial charge in [0, 0.05) is 30.4 Å². The molecule has 1 aliphatic rings. The quantitative estimate of drug-likeness (QED) is 0.590. The molecule has 3 aromatic rings. The van der Waals surface area contributed by atoms with Gasteiger partial charge in [0.05, 0.1) is 31.5 Å². The zero-order chi connectivity index (χ0) is 20.5. The van der Waals surface area contributed by atoms with Crippen LogP contribution in [-0.4, -0.2) is 35.8 Å². The summed E-state index contributed by atoms with van der Waals surface area (Å²) in [5.41, 5.74) is 3.27. The van der Waals surface area contributed by atoms with Crippen LogP contribution in [0.1, 0.15) is 30.5 Å². The number of benzene rings is 2. The number of ether oxygens (including phenoxy) is 2. The highest BCUT2D eigenvalue weighted by atomic mass is 35.5. The van der Waals surface area contributed by atoms with E-state index in [9.17, 15) is 4.79 Å². The molecule has 7 heteroatoms. The molecule has 1 aromatic heterocycles. The van der Waals surface area contributed by atoms with E-state index in [4.69, 9.17) is 21.1 Å². The molecule has 0 N–H and O–H groups in total. The summed E-state index contributed by atoms with van der Waals surface area (Å²) >= 11 is 6.52. The normalized spacial score (nSPS) is 16.1. The molecule has 4 rings (SSSR count). The third kappa shape index (κ3) is 3.63. The molecule has 148 valence electrons. The number of nitrogens with zero attached hydrogens (tertiary/aromatic N) is 3. The third-order valence-electron chi connectivity index (χ3n) is 5.02. The SMILES string of the molecule is COc1ccc(C2=NN(C(C)=O)[C@H](c3cc4ccc(OC)cc4nc3Cl)C2)cc1. The van der Waals surface area contributed by atoms with E-state index in [1.165, 1.54) is 11.9 Å². The molecule has 0 unspecified atom stereocenters. The zero-order valence-electron chi connectivity index (χ0n) is 16.3. The number of carbonyl (C=O) groups is 1. The van der Waals surface area contributed by atoms with Gasteiger partial charge in [-0.05, 0) is 48.0 Å². The van der Waals surface area contributed by atoms with E-state index in [0.29, 0.717) is 17.3 Å². The number of aromatic nitrogens is 1. The molecule has 2 aromatic carbocycles. The van der Waals surface area contributed by atoms with Gasteiger partial charge in [0.2, 0.25) is 5.91 Å². The number of hydrogen-bond donors (Lipinski definition) is 0. The van der Waals surface area contributed by atoms with Gasteiger partial charge in [-0.25, -0.2) is 9.99 Å². The Morgan fingerprint density at radius 1 is 1.07 bits per heavy atom. The van der Waals surface area contributed by atoms with Gasteiger partial charge in [-0.1, -0.05) is 11.6 Å². The molecule has 6 nitrogen and oxygen atoms in total. The second-order valence-corrected chi connectivity index (χ2v) is 7.14. The molecule has 1 aliphatic heterocycles. The van der Waals surface area contributed by atoms with Gasteiger partial charge in [-0.3, -0.25) is 4.79 Å². The van der Waals surface area contributed by atoms with Crippen LogP contribution in [0, 0.1) is 0 Å². The van der Waals surface area contributed by atoms with Gasteiger partial charge < -0.3 is 9.47 Å². The Bertz CT molecular complexity index is 1110. The molecule has 0 radical (unpaired) electrons. The van der Waals surface area contributed by atoms with Crippen LogP contribution in [-0.2, 0) is 4.79 Å². The minimum absolute atomic E-state index is 0.149. The van der Waals surface area contributed by atoms with E-state index < -0.39 is 0 Å². The Balaban J connectivity index is 1.72. The van der Waals surface area contributed by atoms with Crippen molar-refractivity contribution >= 4 is 34.1 Å². The molecule has 0 saturated carbocycles. The van der Waals surface area contributed by atoms with Crippen LogP contribution in [0.3, 0.4) is 0 Å². The zero-order valence-corrected chi connectivity index (χ0v) is 17.1. The standard InChI is InChI=1S/C22H20ClN3O3/c1-13(27)26-21(12-20(25-26)14-4-7-16(28-2)8-5-14)18-10-15-6-9-17(29-3)11-19(15)24-22(18)23/h4-11,21H,12H2,1-3H3/t21-/m0/s1. The average Bonchev–Trinajstić information content (AvgIpc) is 3.18. The summed E-state index contributed by atoms with van der Waals surface area (Å²) in [6, 6.07) is 14.9. The molecular weight excluding hydrogens is 390 g/mol. The number of hydrogen-bond acceptors (Lipinski definition) is 5. The van der Waals surface area contributed by atoms with Crippen molar-refractivity contribution in [1.29, 1.82) is 0 Å². The summed E-state index contributed by atoms with van der Waals surface area (Å²) in [6.45, 7) is 1.50. The van der Waals surface area contributed by atoms with Crippen molar-refractivity contribution in [3.8, 4) is 11.5 Å². The smallest absolute Gasteiger partial charge is 0.240 e. The third-order valence-corrected chi connectivity index (χ3v) is 5.32. The predicted octanol–water partition coefficient (Wildman–Crippen LogP) is 4.60. The topological polar surface area (TPSA) is 64.0 Å². The summed E-state index contributed by atoms with van der Waals surface area (Å²) < 4.78 is 10.5. The first kappa shape index (κ1) is 19.2. The first-order valence-corrected chi connectivity index (χ1v) is 9.54. The predicted molar refractivity (Wildman–Crippen MR) is 113 cm³/mol. The van der Waals surface area contributed by atoms with E-state index in [1.54, 1.807) is 14.2 Å². The Hall–Kier alpha value is -3.12. The monoisotopic (exact) mass is 409 g/mol. The number of halogens is 1. The minimum Gasteiger partial charge on any atom is -0.497 e. The van der Waals surface area contributed by atoms with E-state index in [-0.39, 0.29) is 11.9 Å². The molecule has 29 heavy (non-hydrogen) atoms. The van der Waals surface area contributed by atoms with Crippen LogP contribution in [0.5, 0.6) is 11.5 Å². The van der Waals surface area contributed by atoms with Gasteiger partial charge in [0.25, 0.3) is 0 Å². The van der Waals surface area contributed by atoms with Crippen molar-refractivity contribution < 1.29 is 14.3 Å². The number of carbonyl (C=O) groups excluding carboxylic acids is 1. The Morgan fingerprint density at radius 3 is 2.41 bits per heavy atom. The highest BCUT2D eigenvalue weighted by Gasteiger charge is 2.33. The number of methoxy groups -OCH3 is 2. The molecule has 0 aliphatic carbocycles. The molecule has 0 spiro atoms. The molecule has 0 bridgehead atoms. The highest BCUT2D eigenvalue weighted by Crippen LogP contribution is 2.37. The molecule has 0 fully saturated rings. The first-order chi connectivity index (χ1) is 14.0. The molecule has 1 atom stereocenters. The van der Waals surface area contributed by atoms with Crippen LogP contribution >= 0.6 is 11.6 Å². The van der Waals surface area contributed by atoms with Gasteiger partial charge in [-0.15, -0.1) is 0 Å². The van der Waals surface area contributed by atoms with Gasteiger partial charge in [0.15, 0.2) is 0 Å². The summed E-state index contributed by atoms with van der Waals surface area (Å²) in [6.07, 6.45) is 0.551. The minimum atomic E-state index is -0.309. The maximum Gasteiger partial charge on any atom is 0.240 e. The van der Waals surface area contributed by atoms with Gasteiger partial charge >= 0.3 is 0 Å². The Labute approximate surface area is 173 Å². The lowest BCUT2D eigenvalue weighted by Gasteiger charge is -2.21. The van der Waals surface area contributed by atoms with Crippen molar-refractivity contribution in [3.63, 3.8) is 0 Å². The van der Waals surface area contributed by atoms with E-state index >= 15 is 0 Å². The number of fused-ring (bicyclic) bond motifs is 1. The Morgan fingerprint density at radius 2 is 1.76 bits per heavy atom. The van der Waals surface area contributed by atoms with Gasteiger partial charge in [-0.2, -0.15) is 5.10 Å².